The van der Waals surface area contributed by atoms with E-state index in [1.165, 1.54) is 11.8 Å². The first kappa shape index (κ1) is 19.0. The monoisotopic (exact) mass is 412 g/mol. The van der Waals surface area contributed by atoms with Crippen molar-refractivity contribution in [3.8, 4) is 5.69 Å². The van der Waals surface area contributed by atoms with Crippen LogP contribution >= 0.6 is 23.4 Å². The molecule has 1 fully saturated rings. The summed E-state index contributed by atoms with van der Waals surface area (Å²) in [4.78, 5) is 14.4. The summed E-state index contributed by atoms with van der Waals surface area (Å²) in [6.45, 7) is 1.73. The van der Waals surface area contributed by atoms with Gasteiger partial charge in [-0.1, -0.05) is 53.7 Å². The molecule has 0 atom stereocenters. The van der Waals surface area contributed by atoms with Gasteiger partial charge >= 0.3 is 0 Å². The zero-order valence-electron chi connectivity index (χ0n) is 15.4. The predicted octanol–water partition coefficient (Wildman–Crippen LogP) is 4.23. The van der Waals surface area contributed by atoms with Gasteiger partial charge in [0.25, 0.3) is 0 Å². The first-order valence-corrected chi connectivity index (χ1v) is 10.7. The fraction of sp³-hybridized carbons (Fsp3) is 0.286. The lowest BCUT2D eigenvalue weighted by Gasteiger charge is -2.15. The highest BCUT2D eigenvalue weighted by molar-refractivity contribution is 7.99. The number of amides is 1. The van der Waals surface area contributed by atoms with E-state index in [1.54, 1.807) is 0 Å². The minimum absolute atomic E-state index is 0.165. The van der Waals surface area contributed by atoms with E-state index in [0.717, 1.165) is 48.2 Å². The van der Waals surface area contributed by atoms with Crippen molar-refractivity contribution >= 4 is 29.3 Å². The number of hydrogen-bond donors (Lipinski definition) is 0. The number of thioether (sulfide) groups is 1. The fourth-order valence-electron chi connectivity index (χ4n) is 3.32. The Morgan fingerprint density at radius 3 is 2.43 bits per heavy atom. The van der Waals surface area contributed by atoms with Crippen LogP contribution in [0.15, 0.2) is 59.8 Å². The Balaban J connectivity index is 1.60. The summed E-state index contributed by atoms with van der Waals surface area (Å²) in [7, 11) is 0. The van der Waals surface area contributed by atoms with Crippen LogP contribution in [0, 0.1) is 0 Å². The van der Waals surface area contributed by atoms with Crippen LogP contribution in [0.2, 0.25) is 5.02 Å². The molecule has 144 valence electrons. The number of carbonyl (C=O) groups is 1. The SMILES string of the molecule is O=C(CSc1nnc(Cc2ccccc2)n1-c1ccc(Cl)cc1)N1CCCC1. The number of hydrogen-bond acceptors (Lipinski definition) is 4. The van der Waals surface area contributed by atoms with Crippen LogP contribution in [-0.2, 0) is 11.2 Å². The van der Waals surface area contributed by atoms with Crippen LogP contribution in [-0.4, -0.2) is 44.4 Å². The molecule has 0 unspecified atom stereocenters. The van der Waals surface area contributed by atoms with E-state index in [1.807, 2.05) is 51.9 Å². The molecule has 4 rings (SSSR count). The van der Waals surface area contributed by atoms with Crippen molar-refractivity contribution in [2.75, 3.05) is 18.8 Å². The maximum Gasteiger partial charge on any atom is 0.233 e. The number of benzene rings is 2. The van der Waals surface area contributed by atoms with E-state index in [-0.39, 0.29) is 5.91 Å². The molecule has 1 aliphatic rings. The molecule has 28 heavy (non-hydrogen) atoms. The maximum absolute atomic E-state index is 12.4. The number of likely N-dealkylation sites (tertiary alicyclic amines) is 1. The summed E-state index contributed by atoms with van der Waals surface area (Å²) in [5.41, 5.74) is 2.10. The largest absolute Gasteiger partial charge is 0.342 e. The molecule has 7 heteroatoms. The van der Waals surface area contributed by atoms with Gasteiger partial charge in [-0.05, 0) is 42.7 Å². The Morgan fingerprint density at radius 2 is 1.71 bits per heavy atom. The third-order valence-corrected chi connectivity index (χ3v) is 5.94. The molecule has 2 heterocycles. The molecular weight excluding hydrogens is 392 g/mol. The van der Waals surface area contributed by atoms with Gasteiger partial charge < -0.3 is 4.90 Å². The average Bonchev–Trinajstić information content (AvgIpc) is 3.38. The van der Waals surface area contributed by atoms with Gasteiger partial charge in [0.1, 0.15) is 5.82 Å². The van der Waals surface area contributed by atoms with E-state index >= 15 is 0 Å². The molecular formula is C21H21ClN4OS. The van der Waals surface area contributed by atoms with Crippen LogP contribution in [0.5, 0.6) is 0 Å². The van der Waals surface area contributed by atoms with Crippen molar-refractivity contribution in [2.24, 2.45) is 0 Å². The molecule has 1 aromatic heterocycles. The number of halogens is 1. The lowest BCUT2D eigenvalue weighted by Crippen LogP contribution is -2.29. The molecule has 1 amide bonds. The molecule has 1 aliphatic heterocycles. The van der Waals surface area contributed by atoms with Crippen LogP contribution in [0.25, 0.3) is 5.69 Å². The summed E-state index contributed by atoms with van der Waals surface area (Å²) in [5.74, 6) is 1.37. The Morgan fingerprint density at radius 1 is 1.00 bits per heavy atom. The third kappa shape index (κ3) is 4.39. The molecule has 2 aromatic carbocycles. The van der Waals surface area contributed by atoms with Crippen molar-refractivity contribution in [2.45, 2.75) is 24.4 Å². The zero-order valence-corrected chi connectivity index (χ0v) is 17.0. The summed E-state index contributed by atoms with van der Waals surface area (Å²) in [6, 6.07) is 17.8. The smallest absolute Gasteiger partial charge is 0.233 e. The predicted molar refractivity (Wildman–Crippen MR) is 112 cm³/mol. The minimum atomic E-state index is 0.165. The van der Waals surface area contributed by atoms with Gasteiger partial charge in [-0.3, -0.25) is 9.36 Å². The molecule has 0 spiro atoms. The molecule has 3 aromatic rings. The van der Waals surface area contributed by atoms with Crippen molar-refractivity contribution in [3.63, 3.8) is 0 Å². The van der Waals surface area contributed by atoms with Gasteiger partial charge in [-0.25, -0.2) is 0 Å². The number of nitrogens with zero attached hydrogens (tertiary/aromatic N) is 4. The van der Waals surface area contributed by atoms with Gasteiger partial charge in [-0.15, -0.1) is 10.2 Å². The minimum Gasteiger partial charge on any atom is -0.342 e. The highest BCUT2D eigenvalue weighted by Crippen LogP contribution is 2.25. The Hall–Kier alpha value is -2.31. The summed E-state index contributed by atoms with van der Waals surface area (Å²) in [6.07, 6.45) is 2.86. The number of rotatable bonds is 6. The van der Waals surface area contributed by atoms with Crippen LogP contribution in [0.4, 0.5) is 0 Å². The van der Waals surface area contributed by atoms with E-state index in [2.05, 4.69) is 22.3 Å². The number of aromatic nitrogens is 3. The molecule has 0 radical (unpaired) electrons. The van der Waals surface area contributed by atoms with E-state index < -0.39 is 0 Å². The first-order valence-electron chi connectivity index (χ1n) is 9.35. The van der Waals surface area contributed by atoms with E-state index in [9.17, 15) is 4.79 Å². The lowest BCUT2D eigenvalue weighted by atomic mass is 10.1. The van der Waals surface area contributed by atoms with Crippen LogP contribution in [0.3, 0.4) is 0 Å². The highest BCUT2D eigenvalue weighted by atomic mass is 35.5. The molecule has 0 aliphatic carbocycles. The first-order chi connectivity index (χ1) is 13.7. The van der Waals surface area contributed by atoms with Gasteiger partial charge in [0.05, 0.1) is 5.75 Å². The van der Waals surface area contributed by atoms with Crippen LogP contribution in [0.1, 0.15) is 24.2 Å². The maximum atomic E-state index is 12.4. The topological polar surface area (TPSA) is 51.0 Å². The standard InChI is InChI=1S/C21H21ClN4OS/c22-17-8-10-18(11-9-17)26-19(14-16-6-2-1-3-7-16)23-24-21(26)28-15-20(27)25-12-4-5-13-25/h1-3,6-11H,4-5,12-15H2. The Kier molecular flexibility index (Phi) is 5.98. The number of carbonyl (C=O) groups excluding carboxylic acids is 1. The molecule has 0 saturated carbocycles. The van der Waals surface area contributed by atoms with Gasteiger partial charge in [0.15, 0.2) is 5.16 Å². The summed E-state index contributed by atoms with van der Waals surface area (Å²) >= 11 is 7.50. The second-order valence-electron chi connectivity index (χ2n) is 6.75. The molecule has 1 saturated heterocycles. The van der Waals surface area contributed by atoms with Gasteiger partial charge in [0.2, 0.25) is 5.91 Å². The highest BCUT2D eigenvalue weighted by Gasteiger charge is 2.20. The Bertz CT molecular complexity index is 937. The van der Waals surface area contributed by atoms with Gasteiger partial charge in [0, 0.05) is 30.2 Å². The van der Waals surface area contributed by atoms with E-state index in [0.29, 0.717) is 17.2 Å². The van der Waals surface area contributed by atoms with Crippen molar-refractivity contribution in [1.82, 2.24) is 19.7 Å². The van der Waals surface area contributed by atoms with Crippen molar-refractivity contribution < 1.29 is 4.79 Å². The average molecular weight is 413 g/mol. The lowest BCUT2D eigenvalue weighted by molar-refractivity contribution is -0.127. The van der Waals surface area contributed by atoms with Crippen LogP contribution < -0.4 is 0 Å². The zero-order chi connectivity index (χ0) is 19.3. The molecule has 5 nitrogen and oxygen atoms in total. The summed E-state index contributed by atoms with van der Waals surface area (Å²) in [5, 5.41) is 10.2. The molecule has 0 bridgehead atoms. The second-order valence-corrected chi connectivity index (χ2v) is 8.13. The second kappa shape index (κ2) is 8.80. The normalized spacial score (nSPS) is 13.8. The third-order valence-electron chi connectivity index (χ3n) is 4.77. The molecule has 0 N–H and O–H groups in total. The quantitative estimate of drug-likeness (QED) is 0.568. The van der Waals surface area contributed by atoms with E-state index in [4.69, 9.17) is 11.6 Å². The Labute approximate surface area is 173 Å². The van der Waals surface area contributed by atoms with Gasteiger partial charge in [-0.2, -0.15) is 0 Å². The summed E-state index contributed by atoms with van der Waals surface area (Å²) < 4.78 is 2.02. The van der Waals surface area contributed by atoms with Crippen molar-refractivity contribution in [1.29, 1.82) is 0 Å². The van der Waals surface area contributed by atoms with Crippen molar-refractivity contribution in [3.05, 3.63) is 71.0 Å². The fourth-order valence-corrected chi connectivity index (χ4v) is 4.32.